The summed E-state index contributed by atoms with van der Waals surface area (Å²) in [6.07, 6.45) is -4.76. The molecule has 0 bridgehead atoms. The molecule has 0 aromatic heterocycles. The molecule has 0 atom stereocenters. The van der Waals surface area contributed by atoms with Crippen LogP contribution in [-0.4, -0.2) is 38.8 Å². The molecule has 118 valence electrons. The Morgan fingerprint density at radius 3 is 2.24 bits per heavy atom. The van der Waals surface area contributed by atoms with Crippen LogP contribution in [0.25, 0.3) is 0 Å². The van der Waals surface area contributed by atoms with Crippen molar-refractivity contribution < 1.29 is 31.5 Å². The Hall–Kier alpha value is -1.52. The molecule has 0 heterocycles. The minimum atomic E-state index is -4.76. The van der Waals surface area contributed by atoms with Crippen LogP contribution in [0.1, 0.15) is 0 Å². The average molecular weight is 347 g/mol. The number of carboxylic acids is 1. The van der Waals surface area contributed by atoms with Gasteiger partial charge < -0.3 is 5.11 Å². The molecule has 0 aliphatic rings. The molecule has 11 heteroatoms. The number of alkyl halides is 3. The summed E-state index contributed by atoms with van der Waals surface area (Å²) >= 11 is 5.61. The van der Waals surface area contributed by atoms with Gasteiger partial charge in [-0.3, -0.25) is 4.79 Å². The monoisotopic (exact) mass is 346 g/mol. The lowest BCUT2D eigenvalue weighted by Gasteiger charge is -2.23. The molecule has 1 aromatic rings. The van der Waals surface area contributed by atoms with Gasteiger partial charge >= 0.3 is 22.4 Å². The molecule has 2 N–H and O–H groups in total. The molecule has 0 amide bonds. The van der Waals surface area contributed by atoms with Gasteiger partial charge in [-0.1, -0.05) is 11.6 Å². The van der Waals surface area contributed by atoms with E-state index in [-0.39, 0.29) is 10.7 Å². The lowest BCUT2D eigenvalue weighted by atomic mass is 10.3. The number of rotatable bonds is 6. The van der Waals surface area contributed by atoms with Crippen LogP contribution in [0, 0.1) is 0 Å². The van der Waals surface area contributed by atoms with E-state index in [1.54, 1.807) is 0 Å². The lowest BCUT2D eigenvalue weighted by molar-refractivity contribution is -0.135. The van der Waals surface area contributed by atoms with Crippen LogP contribution >= 0.6 is 11.6 Å². The summed E-state index contributed by atoms with van der Waals surface area (Å²) < 4.78 is 61.5. The zero-order valence-electron chi connectivity index (χ0n) is 10.3. The first-order chi connectivity index (χ1) is 9.51. The standard InChI is InChI=1S/C10H10ClF3N2O4S/c11-7-1-3-8(4-2-7)16(5-9(17)18)21(19,20)15-6-10(12,13)14/h1-4,15H,5-6H2,(H,17,18). The maximum Gasteiger partial charge on any atom is 0.402 e. The predicted octanol–water partition coefficient (Wildman–Crippen LogP) is 1.63. The van der Waals surface area contributed by atoms with Gasteiger partial charge in [-0.2, -0.15) is 26.3 Å². The zero-order chi connectivity index (χ0) is 16.3. The third kappa shape index (κ3) is 5.78. The van der Waals surface area contributed by atoms with Crippen molar-refractivity contribution in [2.75, 3.05) is 17.4 Å². The Morgan fingerprint density at radius 1 is 1.29 bits per heavy atom. The van der Waals surface area contributed by atoms with E-state index >= 15 is 0 Å². The third-order valence-corrected chi connectivity index (χ3v) is 3.82. The minimum absolute atomic E-state index is 0.128. The van der Waals surface area contributed by atoms with Crippen LogP contribution < -0.4 is 9.03 Å². The number of anilines is 1. The van der Waals surface area contributed by atoms with Crippen molar-refractivity contribution in [1.82, 2.24) is 4.72 Å². The van der Waals surface area contributed by atoms with E-state index < -0.39 is 35.4 Å². The number of halogens is 4. The van der Waals surface area contributed by atoms with E-state index in [9.17, 15) is 26.4 Å². The normalized spacial score (nSPS) is 12.2. The molecular weight excluding hydrogens is 337 g/mol. The first-order valence-electron chi connectivity index (χ1n) is 5.33. The van der Waals surface area contributed by atoms with Crippen molar-refractivity contribution in [3.63, 3.8) is 0 Å². The summed E-state index contributed by atoms with van der Waals surface area (Å²) in [6, 6.07) is 4.92. The third-order valence-electron chi connectivity index (χ3n) is 2.14. The van der Waals surface area contributed by atoms with E-state index in [2.05, 4.69) is 0 Å². The highest BCUT2D eigenvalue weighted by Gasteiger charge is 2.32. The first kappa shape index (κ1) is 17.5. The summed E-state index contributed by atoms with van der Waals surface area (Å²) in [4.78, 5) is 10.7. The van der Waals surface area contributed by atoms with E-state index in [4.69, 9.17) is 16.7 Å². The molecule has 0 aliphatic heterocycles. The van der Waals surface area contributed by atoms with Crippen molar-refractivity contribution in [2.24, 2.45) is 0 Å². The molecule has 6 nitrogen and oxygen atoms in total. The highest BCUT2D eigenvalue weighted by atomic mass is 35.5. The number of nitrogens with one attached hydrogen (secondary N) is 1. The SMILES string of the molecule is O=C(O)CN(c1ccc(Cl)cc1)S(=O)(=O)NCC(F)(F)F. The van der Waals surface area contributed by atoms with E-state index in [0.29, 0.717) is 4.31 Å². The maximum atomic E-state index is 12.1. The fourth-order valence-corrected chi connectivity index (χ4v) is 2.60. The van der Waals surface area contributed by atoms with Crippen LogP contribution in [0.3, 0.4) is 0 Å². The molecule has 1 rings (SSSR count). The second-order valence-electron chi connectivity index (χ2n) is 3.82. The summed E-state index contributed by atoms with van der Waals surface area (Å²) in [5, 5.41) is 8.97. The molecule has 0 fully saturated rings. The smallest absolute Gasteiger partial charge is 0.402 e. The molecule has 0 radical (unpaired) electrons. The number of carboxylic acid groups (broad SMARTS) is 1. The Morgan fingerprint density at radius 2 is 1.81 bits per heavy atom. The second-order valence-corrected chi connectivity index (χ2v) is 5.93. The fraction of sp³-hybridized carbons (Fsp3) is 0.300. The van der Waals surface area contributed by atoms with Gasteiger partial charge in [-0.05, 0) is 24.3 Å². The van der Waals surface area contributed by atoms with Gasteiger partial charge in [0, 0.05) is 5.02 Å². The van der Waals surface area contributed by atoms with Crippen molar-refractivity contribution in [1.29, 1.82) is 0 Å². The van der Waals surface area contributed by atoms with Gasteiger partial charge in [0.05, 0.1) is 5.69 Å². The fourth-order valence-electron chi connectivity index (χ4n) is 1.30. The number of hydrogen-bond donors (Lipinski definition) is 2. The highest BCUT2D eigenvalue weighted by molar-refractivity contribution is 7.90. The zero-order valence-corrected chi connectivity index (χ0v) is 11.8. The van der Waals surface area contributed by atoms with Crippen LogP contribution in [0.5, 0.6) is 0 Å². The number of carbonyl (C=O) groups is 1. The van der Waals surface area contributed by atoms with Crippen LogP contribution in [0.2, 0.25) is 5.02 Å². The first-order valence-corrected chi connectivity index (χ1v) is 7.14. The number of nitrogens with zero attached hydrogens (tertiary/aromatic N) is 1. The van der Waals surface area contributed by atoms with Crippen LogP contribution in [0.15, 0.2) is 24.3 Å². The molecule has 21 heavy (non-hydrogen) atoms. The van der Waals surface area contributed by atoms with Crippen molar-refractivity contribution in [2.45, 2.75) is 6.18 Å². The Kier molecular flexibility index (Phi) is 5.42. The minimum Gasteiger partial charge on any atom is -0.480 e. The molecule has 0 spiro atoms. The van der Waals surface area contributed by atoms with Crippen molar-refractivity contribution >= 4 is 33.5 Å². The lowest BCUT2D eigenvalue weighted by Crippen LogP contribution is -2.46. The van der Waals surface area contributed by atoms with E-state index in [1.165, 1.54) is 29.0 Å². The molecule has 0 saturated heterocycles. The van der Waals surface area contributed by atoms with Gasteiger partial charge in [0.25, 0.3) is 0 Å². The average Bonchev–Trinajstić information content (AvgIpc) is 2.34. The van der Waals surface area contributed by atoms with Gasteiger partial charge in [-0.15, -0.1) is 0 Å². The van der Waals surface area contributed by atoms with Crippen molar-refractivity contribution in [3.8, 4) is 0 Å². The van der Waals surface area contributed by atoms with Crippen LogP contribution in [0.4, 0.5) is 18.9 Å². The Bertz CT molecular complexity index is 604. The summed E-state index contributed by atoms with van der Waals surface area (Å²) in [7, 11) is -4.68. The second kappa shape index (κ2) is 6.50. The van der Waals surface area contributed by atoms with Gasteiger partial charge in [-0.25, -0.2) is 4.31 Å². The van der Waals surface area contributed by atoms with Crippen molar-refractivity contribution in [3.05, 3.63) is 29.3 Å². The molecule has 0 saturated carbocycles. The summed E-state index contributed by atoms with van der Waals surface area (Å²) in [5.41, 5.74) is -0.128. The summed E-state index contributed by atoms with van der Waals surface area (Å²) in [6.45, 7) is -2.84. The predicted molar refractivity (Wildman–Crippen MR) is 69.4 cm³/mol. The quantitative estimate of drug-likeness (QED) is 0.819. The maximum absolute atomic E-state index is 12.1. The molecular formula is C10H10ClF3N2O4S. The van der Waals surface area contributed by atoms with Crippen LogP contribution in [-0.2, 0) is 15.0 Å². The topological polar surface area (TPSA) is 86.7 Å². The Labute approximate surface area is 123 Å². The van der Waals surface area contributed by atoms with Gasteiger partial charge in [0.2, 0.25) is 0 Å². The number of benzene rings is 1. The number of hydrogen-bond acceptors (Lipinski definition) is 3. The molecule has 1 aromatic carbocycles. The van der Waals surface area contributed by atoms with E-state index in [0.717, 1.165) is 0 Å². The Balaban J connectivity index is 3.06. The largest absolute Gasteiger partial charge is 0.480 e. The summed E-state index contributed by atoms with van der Waals surface area (Å²) in [5.74, 6) is -1.53. The highest BCUT2D eigenvalue weighted by Crippen LogP contribution is 2.21. The molecule has 0 unspecified atom stereocenters. The number of aliphatic carboxylic acids is 1. The van der Waals surface area contributed by atoms with E-state index in [1.807, 2.05) is 0 Å². The molecule has 0 aliphatic carbocycles. The van der Waals surface area contributed by atoms with Gasteiger partial charge in [0.1, 0.15) is 13.1 Å². The van der Waals surface area contributed by atoms with Gasteiger partial charge in [0.15, 0.2) is 0 Å².